The largest absolute Gasteiger partial charge is 0.354 e. The van der Waals surface area contributed by atoms with E-state index < -0.39 is 0 Å². The zero-order chi connectivity index (χ0) is 21.8. The van der Waals surface area contributed by atoms with Crippen molar-refractivity contribution in [3.8, 4) is 11.3 Å². The first-order valence-electron chi connectivity index (χ1n) is 11.6. The van der Waals surface area contributed by atoms with Crippen LogP contribution in [0.3, 0.4) is 0 Å². The third kappa shape index (κ3) is 5.31. The van der Waals surface area contributed by atoms with Crippen LogP contribution in [0.5, 0.6) is 0 Å². The van der Waals surface area contributed by atoms with E-state index in [1.54, 1.807) is 18.3 Å². The maximum absolute atomic E-state index is 14.2. The molecular formula is C26H30FN5. The summed E-state index contributed by atoms with van der Waals surface area (Å²) in [6, 6.07) is 16.1. The van der Waals surface area contributed by atoms with E-state index in [0.717, 1.165) is 80.9 Å². The monoisotopic (exact) mass is 431 g/mol. The van der Waals surface area contributed by atoms with Crippen LogP contribution in [-0.2, 0) is 19.4 Å². The molecule has 166 valence electrons. The first-order chi connectivity index (χ1) is 15.7. The number of nitrogens with zero attached hydrogens (tertiary/aromatic N) is 4. The van der Waals surface area contributed by atoms with Crippen LogP contribution in [0.25, 0.3) is 11.3 Å². The first-order valence-corrected chi connectivity index (χ1v) is 11.6. The molecule has 6 rings (SSSR count). The van der Waals surface area contributed by atoms with Gasteiger partial charge in [-0.1, -0.05) is 24.3 Å². The van der Waals surface area contributed by atoms with Crippen LogP contribution in [0, 0.1) is 5.82 Å². The second-order valence-corrected chi connectivity index (χ2v) is 8.83. The van der Waals surface area contributed by atoms with Gasteiger partial charge in [0.25, 0.3) is 0 Å². The molecule has 0 radical (unpaired) electrons. The molecule has 1 aromatic heterocycles. The zero-order valence-corrected chi connectivity index (χ0v) is 18.4. The van der Waals surface area contributed by atoms with Gasteiger partial charge in [-0.3, -0.25) is 4.90 Å². The lowest BCUT2D eigenvalue weighted by molar-refractivity contribution is 0.126. The van der Waals surface area contributed by atoms with Crippen LogP contribution in [0.2, 0.25) is 0 Å². The summed E-state index contributed by atoms with van der Waals surface area (Å²) in [4.78, 5) is 14.2. The van der Waals surface area contributed by atoms with Gasteiger partial charge in [-0.05, 0) is 66.8 Å². The summed E-state index contributed by atoms with van der Waals surface area (Å²) in [5, 5.41) is 3.31. The van der Waals surface area contributed by atoms with E-state index >= 15 is 0 Å². The van der Waals surface area contributed by atoms with Crippen molar-refractivity contribution in [1.29, 1.82) is 0 Å². The number of hydrogen-bond acceptors (Lipinski definition) is 5. The van der Waals surface area contributed by atoms with Gasteiger partial charge in [0, 0.05) is 51.0 Å². The molecule has 1 fully saturated rings. The van der Waals surface area contributed by atoms with E-state index in [2.05, 4.69) is 50.4 Å². The topological polar surface area (TPSA) is 44.3 Å². The highest BCUT2D eigenvalue weighted by Crippen LogP contribution is 2.21. The molecule has 3 aromatic rings. The van der Waals surface area contributed by atoms with Gasteiger partial charge in [0.15, 0.2) is 0 Å². The molecule has 3 aliphatic rings. The average molecular weight is 432 g/mol. The van der Waals surface area contributed by atoms with Crippen molar-refractivity contribution in [1.82, 2.24) is 19.8 Å². The molecule has 8 bridgehead atoms. The summed E-state index contributed by atoms with van der Waals surface area (Å²) in [6.07, 6.45) is 4.50. The van der Waals surface area contributed by atoms with Crippen LogP contribution < -0.4 is 5.32 Å². The summed E-state index contributed by atoms with van der Waals surface area (Å²) in [5.74, 6) is 0.460. The summed E-state index contributed by atoms with van der Waals surface area (Å²) < 4.78 is 14.2. The van der Waals surface area contributed by atoms with Gasteiger partial charge in [0.2, 0.25) is 5.95 Å². The Morgan fingerprint density at radius 3 is 2.50 bits per heavy atom. The standard InChI is InChI=1S/C26H30FN5/c27-24-17-20-4-2-10-31-11-13-32(14-12-31)19-22-3-1-5-23(16-22)25-7-9-29-26(30-25)28-8-6-21(15-20)18-24/h1,3,5,7,9,15-18H,2,4,6,8,10-14,19H2,(H,28,29,30). The molecule has 1 N–H and O–H groups in total. The van der Waals surface area contributed by atoms with Crippen molar-refractivity contribution >= 4 is 5.95 Å². The maximum Gasteiger partial charge on any atom is 0.223 e. The van der Waals surface area contributed by atoms with E-state index in [1.807, 2.05) is 6.07 Å². The Bertz CT molecular complexity index is 1060. The summed E-state index contributed by atoms with van der Waals surface area (Å²) in [5.41, 5.74) is 5.44. The third-order valence-electron chi connectivity index (χ3n) is 6.40. The van der Waals surface area contributed by atoms with Crippen LogP contribution in [0.15, 0.2) is 54.7 Å². The van der Waals surface area contributed by atoms with Crippen LogP contribution in [0.4, 0.5) is 10.3 Å². The minimum atomic E-state index is -0.147. The van der Waals surface area contributed by atoms with E-state index in [0.29, 0.717) is 12.5 Å². The number of anilines is 1. The smallest absolute Gasteiger partial charge is 0.223 e. The van der Waals surface area contributed by atoms with Crippen LogP contribution >= 0.6 is 0 Å². The molecule has 0 unspecified atom stereocenters. The van der Waals surface area contributed by atoms with Crippen molar-refractivity contribution < 1.29 is 4.39 Å². The Kier molecular flexibility index (Phi) is 6.41. The molecule has 3 aliphatic heterocycles. The summed E-state index contributed by atoms with van der Waals surface area (Å²) >= 11 is 0. The molecule has 0 saturated carbocycles. The van der Waals surface area contributed by atoms with E-state index in [4.69, 9.17) is 4.98 Å². The van der Waals surface area contributed by atoms with Crippen molar-refractivity contribution in [2.75, 3.05) is 44.6 Å². The lowest BCUT2D eigenvalue weighted by Crippen LogP contribution is -2.46. The van der Waals surface area contributed by atoms with Crippen molar-refractivity contribution in [2.24, 2.45) is 0 Å². The zero-order valence-electron chi connectivity index (χ0n) is 18.4. The van der Waals surface area contributed by atoms with Gasteiger partial charge in [-0.2, -0.15) is 0 Å². The maximum atomic E-state index is 14.2. The van der Waals surface area contributed by atoms with Crippen molar-refractivity contribution in [3.63, 3.8) is 0 Å². The highest BCUT2D eigenvalue weighted by atomic mass is 19.1. The molecule has 0 spiro atoms. The van der Waals surface area contributed by atoms with E-state index in [9.17, 15) is 4.39 Å². The van der Waals surface area contributed by atoms with Gasteiger partial charge in [-0.25, -0.2) is 14.4 Å². The Labute approximate surface area is 189 Å². The lowest BCUT2D eigenvalue weighted by atomic mass is 10.0. The Hall–Kier alpha value is -2.83. The Balaban J connectivity index is 1.40. The number of piperazine rings is 1. The van der Waals surface area contributed by atoms with Crippen LogP contribution in [0.1, 0.15) is 23.1 Å². The number of nitrogens with one attached hydrogen (secondary N) is 1. The fourth-order valence-electron chi connectivity index (χ4n) is 4.69. The van der Waals surface area contributed by atoms with Gasteiger partial charge < -0.3 is 10.2 Å². The number of aromatic nitrogens is 2. The second-order valence-electron chi connectivity index (χ2n) is 8.83. The lowest BCUT2D eigenvalue weighted by Gasteiger charge is -2.34. The van der Waals surface area contributed by atoms with E-state index in [1.165, 1.54) is 5.56 Å². The molecule has 0 atom stereocenters. The van der Waals surface area contributed by atoms with Gasteiger partial charge in [0.05, 0.1) is 5.69 Å². The number of benzene rings is 2. The van der Waals surface area contributed by atoms with E-state index in [-0.39, 0.29) is 5.82 Å². The fourth-order valence-corrected chi connectivity index (χ4v) is 4.69. The normalized spacial score (nSPS) is 21.5. The number of rotatable bonds is 0. The fraction of sp³-hybridized carbons (Fsp3) is 0.385. The molecule has 0 amide bonds. The number of halogens is 1. The first kappa shape index (κ1) is 21.0. The predicted octanol–water partition coefficient (Wildman–Crippen LogP) is 4.00. The number of fused-ring (bicyclic) bond motifs is 6. The average Bonchev–Trinajstić information content (AvgIpc) is 2.80. The summed E-state index contributed by atoms with van der Waals surface area (Å²) in [6.45, 7) is 7.04. The Morgan fingerprint density at radius 2 is 1.62 bits per heavy atom. The van der Waals surface area contributed by atoms with Gasteiger partial charge in [0.1, 0.15) is 5.82 Å². The number of hydrogen-bond donors (Lipinski definition) is 1. The quantitative estimate of drug-likeness (QED) is 0.583. The summed E-state index contributed by atoms with van der Waals surface area (Å²) in [7, 11) is 0. The van der Waals surface area contributed by atoms with Crippen molar-refractivity contribution in [3.05, 3.63) is 77.2 Å². The van der Waals surface area contributed by atoms with Gasteiger partial charge >= 0.3 is 0 Å². The van der Waals surface area contributed by atoms with Gasteiger partial charge in [-0.15, -0.1) is 0 Å². The highest BCUT2D eigenvalue weighted by molar-refractivity contribution is 5.61. The molecule has 4 heterocycles. The molecular weight excluding hydrogens is 401 g/mol. The molecule has 32 heavy (non-hydrogen) atoms. The van der Waals surface area contributed by atoms with Crippen molar-refractivity contribution in [2.45, 2.75) is 25.8 Å². The number of aryl methyl sites for hydroxylation is 1. The Morgan fingerprint density at radius 1 is 0.812 bits per heavy atom. The molecule has 6 heteroatoms. The highest BCUT2D eigenvalue weighted by Gasteiger charge is 2.17. The molecule has 1 saturated heterocycles. The minimum Gasteiger partial charge on any atom is -0.354 e. The molecule has 0 aliphatic carbocycles. The molecule has 2 aromatic carbocycles. The predicted molar refractivity (Wildman–Crippen MR) is 126 cm³/mol. The third-order valence-corrected chi connectivity index (χ3v) is 6.40. The minimum absolute atomic E-state index is 0.147. The molecule has 5 nitrogen and oxygen atoms in total. The SMILES string of the molecule is Fc1cc2cc(c1)CCNc1nccc(n1)-c1cccc(c1)CN1CCN(CCC2)CC1. The van der Waals surface area contributed by atoms with Crippen LogP contribution in [-0.4, -0.2) is 59.0 Å². The second kappa shape index (κ2) is 9.76.